The van der Waals surface area contributed by atoms with Crippen molar-refractivity contribution in [2.75, 3.05) is 0 Å². The van der Waals surface area contributed by atoms with Crippen LogP contribution >= 0.6 is 45.2 Å². The molecule has 0 aliphatic rings. The lowest BCUT2D eigenvalue weighted by molar-refractivity contribution is 0.476. The molecular weight excluding hydrogens is 434 g/mol. The molecule has 2 aromatic rings. The Morgan fingerprint density at radius 3 is 2.75 bits per heavy atom. The third kappa shape index (κ3) is 1.81. The zero-order valence-corrected chi connectivity index (χ0v) is 12.7. The highest BCUT2D eigenvalue weighted by Crippen LogP contribution is 2.29. The van der Waals surface area contributed by atoms with E-state index in [0.29, 0.717) is 21.0 Å². The van der Waals surface area contributed by atoms with Crippen molar-refractivity contribution in [1.82, 2.24) is 9.55 Å². The van der Waals surface area contributed by atoms with Crippen molar-refractivity contribution in [1.29, 1.82) is 0 Å². The second kappa shape index (κ2) is 4.47. The summed E-state index contributed by atoms with van der Waals surface area (Å²) in [4.78, 5) is 16.2. The molecule has 0 bridgehead atoms. The number of aromatic nitrogens is 2. The molecule has 16 heavy (non-hydrogen) atoms. The first-order valence-corrected chi connectivity index (χ1v) is 6.78. The molecule has 0 unspecified atom stereocenters. The number of aromatic hydroxyl groups is 1. The third-order valence-electron chi connectivity index (χ3n) is 2.32. The van der Waals surface area contributed by atoms with Gasteiger partial charge >= 0.3 is 0 Å². The highest BCUT2D eigenvalue weighted by molar-refractivity contribution is 14.1. The van der Waals surface area contributed by atoms with Gasteiger partial charge in [-0.1, -0.05) is 0 Å². The Hall–Kier alpha value is -0.380. The molecule has 1 aromatic heterocycles. The van der Waals surface area contributed by atoms with Gasteiger partial charge in [-0.15, -0.1) is 0 Å². The third-order valence-corrected chi connectivity index (χ3v) is 3.99. The molecule has 0 amide bonds. The van der Waals surface area contributed by atoms with E-state index in [1.807, 2.05) is 29.5 Å². The monoisotopic (exact) mass is 442 g/mol. The van der Waals surface area contributed by atoms with Crippen molar-refractivity contribution in [3.8, 4) is 5.75 Å². The van der Waals surface area contributed by atoms with Crippen LogP contribution in [0.5, 0.6) is 5.75 Å². The predicted molar refractivity (Wildman–Crippen MR) is 78.8 cm³/mol. The highest BCUT2D eigenvalue weighted by Gasteiger charge is 2.13. The first-order valence-electron chi connectivity index (χ1n) is 4.62. The van der Waals surface area contributed by atoms with Crippen LogP contribution in [0.2, 0.25) is 0 Å². The van der Waals surface area contributed by atoms with Gasteiger partial charge in [0.2, 0.25) is 0 Å². The minimum absolute atomic E-state index is 0.0800. The van der Waals surface area contributed by atoms with E-state index in [1.165, 1.54) is 10.9 Å². The summed E-state index contributed by atoms with van der Waals surface area (Å²) in [7, 11) is 0. The van der Waals surface area contributed by atoms with Gasteiger partial charge in [0.05, 0.1) is 15.3 Å². The maximum atomic E-state index is 12.0. The van der Waals surface area contributed by atoms with Crippen molar-refractivity contribution >= 4 is 56.1 Å². The second-order valence-corrected chi connectivity index (χ2v) is 5.57. The summed E-state index contributed by atoms with van der Waals surface area (Å²) >= 11 is 4.11. The molecule has 1 N–H and O–H groups in total. The number of hydrogen-bond acceptors (Lipinski definition) is 3. The van der Waals surface area contributed by atoms with Gasteiger partial charge < -0.3 is 5.11 Å². The van der Waals surface area contributed by atoms with Gasteiger partial charge in [0.25, 0.3) is 5.56 Å². The van der Waals surface area contributed by atoms with Crippen molar-refractivity contribution in [3.05, 3.63) is 29.9 Å². The lowest BCUT2D eigenvalue weighted by Crippen LogP contribution is -2.20. The molecule has 2 rings (SSSR count). The van der Waals surface area contributed by atoms with E-state index in [0.717, 1.165) is 3.57 Å². The number of halogens is 2. The molecule has 0 saturated heterocycles. The summed E-state index contributed by atoms with van der Waals surface area (Å²) < 4.78 is 3.04. The van der Waals surface area contributed by atoms with Crippen LogP contribution in [0, 0.1) is 7.14 Å². The SMILES string of the molecule is CCn1cnc2c(O)c(I)cc(I)c2c1=O. The number of benzene rings is 1. The van der Waals surface area contributed by atoms with Gasteiger partial charge in [-0.05, 0) is 58.2 Å². The lowest BCUT2D eigenvalue weighted by Gasteiger charge is -2.07. The van der Waals surface area contributed by atoms with Crippen molar-refractivity contribution in [2.45, 2.75) is 13.5 Å². The van der Waals surface area contributed by atoms with E-state index < -0.39 is 0 Å². The quantitative estimate of drug-likeness (QED) is 0.691. The largest absolute Gasteiger partial charge is 0.505 e. The molecule has 6 heteroatoms. The van der Waals surface area contributed by atoms with Crippen LogP contribution in [0.4, 0.5) is 0 Å². The average molecular weight is 442 g/mol. The fraction of sp³-hybridized carbons (Fsp3) is 0.200. The Labute approximate surface area is 119 Å². The smallest absolute Gasteiger partial charge is 0.262 e. The Kier molecular flexibility index (Phi) is 3.38. The lowest BCUT2D eigenvalue weighted by atomic mass is 10.2. The van der Waals surface area contributed by atoms with Gasteiger partial charge in [0, 0.05) is 10.1 Å². The molecule has 0 fully saturated rings. The van der Waals surface area contributed by atoms with Crippen LogP contribution in [-0.2, 0) is 6.54 Å². The predicted octanol–water partition coefficient (Wildman–Crippen LogP) is 2.33. The molecule has 0 radical (unpaired) electrons. The fourth-order valence-corrected chi connectivity index (χ4v) is 3.43. The molecule has 0 saturated carbocycles. The average Bonchev–Trinajstić information content (AvgIpc) is 2.25. The Morgan fingerprint density at radius 2 is 2.12 bits per heavy atom. The van der Waals surface area contributed by atoms with Crippen molar-refractivity contribution in [3.63, 3.8) is 0 Å². The van der Waals surface area contributed by atoms with Crippen LogP contribution < -0.4 is 5.56 Å². The summed E-state index contributed by atoms with van der Waals surface area (Å²) in [5.41, 5.74) is 0.273. The van der Waals surface area contributed by atoms with E-state index in [9.17, 15) is 9.90 Å². The van der Waals surface area contributed by atoms with Crippen LogP contribution in [-0.4, -0.2) is 14.7 Å². The number of fused-ring (bicyclic) bond motifs is 1. The van der Waals surface area contributed by atoms with Crippen molar-refractivity contribution in [2.24, 2.45) is 0 Å². The number of phenols is 1. The fourth-order valence-electron chi connectivity index (χ4n) is 1.47. The van der Waals surface area contributed by atoms with Gasteiger partial charge in [-0.3, -0.25) is 9.36 Å². The molecular formula is C10H8I2N2O2. The minimum Gasteiger partial charge on any atom is -0.505 e. The number of hydrogen-bond donors (Lipinski definition) is 1. The first kappa shape index (κ1) is 12.1. The molecule has 1 aromatic carbocycles. The minimum atomic E-state index is -0.108. The first-order chi connectivity index (χ1) is 7.56. The van der Waals surface area contributed by atoms with E-state index in [-0.39, 0.29) is 11.3 Å². The van der Waals surface area contributed by atoms with Crippen LogP contribution in [0.15, 0.2) is 17.2 Å². The summed E-state index contributed by atoms with van der Waals surface area (Å²) in [5.74, 6) is 0.0800. The van der Waals surface area contributed by atoms with Crippen molar-refractivity contribution < 1.29 is 5.11 Å². The van der Waals surface area contributed by atoms with Gasteiger partial charge in [-0.2, -0.15) is 0 Å². The van der Waals surface area contributed by atoms with Crippen LogP contribution in [0.25, 0.3) is 10.9 Å². The summed E-state index contributed by atoms with van der Waals surface area (Å²) in [6.07, 6.45) is 1.47. The Balaban J connectivity index is 3.01. The Morgan fingerprint density at radius 1 is 1.44 bits per heavy atom. The maximum absolute atomic E-state index is 12.0. The highest BCUT2D eigenvalue weighted by atomic mass is 127. The van der Waals surface area contributed by atoms with Crippen LogP contribution in [0.3, 0.4) is 0 Å². The molecule has 0 spiro atoms. The molecule has 4 nitrogen and oxygen atoms in total. The van der Waals surface area contributed by atoms with Gasteiger partial charge in [0.1, 0.15) is 5.52 Å². The number of aryl methyl sites for hydroxylation is 1. The van der Waals surface area contributed by atoms with Crippen LogP contribution in [0.1, 0.15) is 6.92 Å². The molecule has 0 atom stereocenters. The van der Waals surface area contributed by atoms with E-state index in [4.69, 9.17) is 0 Å². The summed E-state index contributed by atoms with van der Waals surface area (Å²) in [6, 6.07) is 1.78. The molecule has 0 aliphatic heterocycles. The molecule has 0 aliphatic carbocycles. The standard InChI is InChI=1S/C10H8I2N2O2/c1-2-14-4-13-8-7(10(14)16)5(11)3-6(12)9(8)15/h3-4,15H,2H2,1H3. The number of rotatable bonds is 1. The van der Waals surface area contributed by atoms with Gasteiger partial charge in [0.15, 0.2) is 5.75 Å². The molecule has 1 heterocycles. The number of nitrogens with zero attached hydrogens (tertiary/aromatic N) is 2. The maximum Gasteiger partial charge on any atom is 0.262 e. The zero-order chi connectivity index (χ0) is 11.9. The number of phenolic OH excluding ortho intramolecular Hbond substituents is 1. The molecule has 84 valence electrons. The second-order valence-electron chi connectivity index (χ2n) is 3.25. The summed E-state index contributed by atoms with van der Waals surface area (Å²) in [6.45, 7) is 2.46. The normalized spacial score (nSPS) is 10.9. The zero-order valence-electron chi connectivity index (χ0n) is 8.37. The van der Waals surface area contributed by atoms with Gasteiger partial charge in [-0.25, -0.2) is 4.98 Å². The topological polar surface area (TPSA) is 55.1 Å². The van der Waals surface area contributed by atoms with E-state index in [2.05, 4.69) is 27.6 Å². The van der Waals surface area contributed by atoms with E-state index in [1.54, 1.807) is 6.07 Å². The Bertz CT molecular complexity index is 622. The summed E-state index contributed by atoms with van der Waals surface area (Å²) in [5, 5.41) is 10.3. The van der Waals surface area contributed by atoms with E-state index >= 15 is 0 Å².